The Morgan fingerprint density at radius 3 is 2.62 bits per heavy atom. The highest BCUT2D eigenvalue weighted by atomic mass is 16.5. The van der Waals surface area contributed by atoms with Gasteiger partial charge in [0.1, 0.15) is 0 Å². The molecule has 1 aliphatic heterocycles. The summed E-state index contributed by atoms with van der Waals surface area (Å²) in [5, 5.41) is 0. The van der Waals surface area contributed by atoms with Crippen molar-refractivity contribution in [1.82, 2.24) is 9.88 Å². The first-order valence-corrected chi connectivity index (χ1v) is 8.24. The molecule has 0 unspecified atom stereocenters. The van der Waals surface area contributed by atoms with Crippen molar-refractivity contribution in [3.63, 3.8) is 0 Å². The minimum Gasteiger partial charge on any atom is -0.462 e. The molecule has 0 saturated carbocycles. The van der Waals surface area contributed by atoms with Gasteiger partial charge in [-0.25, -0.2) is 4.79 Å². The maximum Gasteiger partial charge on any atom is 0.338 e. The molecule has 1 aliphatic rings. The van der Waals surface area contributed by atoms with Gasteiger partial charge in [0, 0.05) is 24.1 Å². The maximum absolute atomic E-state index is 11.1. The first-order valence-electron chi connectivity index (χ1n) is 8.24. The van der Waals surface area contributed by atoms with Crippen LogP contribution in [0.5, 0.6) is 0 Å². The fourth-order valence-corrected chi connectivity index (χ4v) is 2.74. The summed E-state index contributed by atoms with van der Waals surface area (Å²) in [6.07, 6.45) is 6.41. The number of carbonyl (C=O) groups is 1. The Labute approximate surface area is 143 Å². The molecule has 1 saturated heterocycles. The van der Waals surface area contributed by atoms with Gasteiger partial charge in [-0.2, -0.15) is 0 Å². The molecule has 1 aromatic carbocycles. The summed E-state index contributed by atoms with van der Waals surface area (Å²) in [6.45, 7) is 3.39. The van der Waals surface area contributed by atoms with Crippen molar-refractivity contribution in [1.29, 1.82) is 0 Å². The number of nitrogen functional groups attached to an aromatic ring is 1. The third-order valence-corrected chi connectivity index (χ3v) is 4.01. The van der Waals surface area contributed by atoms with Gasteiger partial charge in [-0.1, -0.05) is 6.07 Å². The smallest absolute Gasteiger partial charge is 0.338 e. The SMILES string of the molecule is CCOC(=O)c1ccc(N)cc1.CN1CCC[C@H]1c1cccnc1. The maximum atomic E-state index is 11.1. The van der Waals surface area contributed by atoms with E-state index in [1.165, 1.54) is 24.9 Å². The third kappa shape index (κ3) is 5.06. The van der Waals surface area contributed by atoms with Crippen molar-refractivity contribution in [2.45, 2.75) is 25.8 Å². The summed E-state index contributed by atoms with van der Waals surface area (Å²) in [5.41, 5.74) is 7.98. The fourth-order valence-electron chi connectivity index (χ4n) is 2.74. The Morgan fingerprint density at radius 1 is 1.33 bits per heavy atom. The number of ether oxygens (including phenoxy) is 1. The summed E-state index contributed by atoms with van der Waals surface area (Å²) >= 11 is 0. The van der Waals surface area contributed by atoms with Crippen molar-refractivity contribution >= 4 is 11.7 Å². The van der Waals surface area contributed by atoms with Crippen LogP contribution in [0.2, 0.25) is 0 Å². The molecule has 5 heteroatoms. The van der Waals surface area contributed by atoms with Crippen LogP contribution < -0.4 is 5.73 Å². The van der Waals surface area contributed by atoms with Crippen LogP contribution in [-0.4, -0.2) is 36.1 Å². The Kier molecular flexibility index (Phi) is 6.75. The van der Waals surface area contributed by atoms with E-state index in [9.17, 15) is 4.79 Å². The fraction of sp³-hybridized carbons (Fsp3) is 0.368. The van der Waals surface area contributed by atoms with E-state index in [0.717, 1.165) is 0 Å². The van der Waals surface area contributed by atoms with E-state index in [4.69, 9.17) is 10.5 Å². The number of hydrogen-bond donors (Lipinski definition) is 1. The van der Waals surface area contributed by atoms with Gasteiger partial charge < -0.3 is 10.5 Å². The van der Waals surface area contributed by atoms with Crippen LogP contribution in [0.1, 0.15) is 41.7 Å². The molecule has 1 atom stereocenters. The van der Waals surface area contributed by atoms with E-state index >= 15 is 0 Å². The molecule has 5 nitrogen and oxygen atoms in total. The predicted molar refractivity (Wildman–Crippen MR) is 95.7 cm³/mol. The minimum absolute atomic E-state index is 0.308. The number of nitrogens with two attached hydrogens (primary N) is 1. The monoisotopic (exact) mass is 327 g/mol. The zero-order chi connectivity index (χ0) is 17.4. The van der Waals surface area contributed by atoms with E-state index < -0.39 is 0 Å². The lowest BCUT2D eigenvalue weighted by Crippen LogP contribution is -2.17. The highest BCUT2D eigenvalue weighted by Gasteiger charge is 2.21. The summed E-state index contributed by atoms with van der Waals surface area (Å²) in [7, 11) is 2.19. The molecular formula is C19H25N3O2. The molecule has 2 N–H and O–H groups in total. The lowest BCUT2D eigenvalue weighted by Gasteiger charge is -2.18. The van der Waals surface area contributed by atoms with E-state index in [0.29, 0.717) is 23.9 Å². The molecule has 128 valence electrons. The normalized spacial score (nSPS) is 17.0. The predicted octanol–water partition coefficient (Wildman–Crippen LogP) is 3.29. The lowest BCUT2D eigenvalue weighted by atomic mass is 10.1. The zero-order valence-electron chi connectivity index (χ0n) is 14.3. The van der Waals surface area contributed by atoms with Gasteiger partial charge in [-0.05, 0) is 69.3 Å². The number of nitrogens with zero attached hydrogens (tertiary/aromatic N) is 2. The molecule has 2 heterocycles. The second kappa shape index (κ2) is 9.03. The topological polar surface area (TPSA) is 68.5 Å². The van der Waals surface area contributed by atoms with E-state index in [-0.39, 0.29) is 5.97 Å². The molecule has 24 heavy (non-hydrogen) atoms. The van der Waals surface area contributed by atoms with Crippen LogP contribution in [0.3, 0.4) is 0 Å². The van der Waals surface area contributed by atoms with E-state index in [1.54, 1.807) is 31.2 Å². The van der Waals surface area contributed by atoms with Crippen LogP contribution in [-0.2, 0) is 4.74 Å². The number of hydrogen-bond acceptors (Lipinski definition) is 5. The lowest BCUT2D eigenvalue weighted by molar-refractivity contribution is 0.0526. The number of esters is 1. The largest absolute Gasteiger partial charge is 0.462 e. The second-order valence-electron chi connectivity index (χ2n) is 5.77. The van der Waals surface area contributed by atoms with Gasteiger partial charge in [-0.15, -0.1) is 0 Å². The third-order valence-electron chi connectivity index (χ3n) is 4.01. The summed E-state index contributed by atoms with van der Waals surface area (Å²) in [4.78, 5) is 17.6. The van der Waals surface area contributed by atoms with Crippen LogP contribution in [0.15, 0.2) is 48.8 Å². The van der Waals surface area contributed by atoms with Gasteiger partial charge in [0.05, 0.1) is 12.2 Å². The Hall–Kier alpha value is -2.40. The number of carbonyl (C=O) groups excluding carboxylic acids is 1. The molecule has 2 aromatic rings. The van der Waals surface area contributed by atoms with Crippen molar-refractivity contribution in [3.8, 4) is 0 Å². The van der Waals surface area contributed by atoms with Crippen molar-refractivity contribution in [2.24, 2.45) is 0 Å². The average Bonchev–Trinajstić information content (AvgIpc) is 3.03. The summed E-state index contributed by atoms with van der Waals surface area (Å²) < 4.78 is 4.79. The Bertz CT molecular complexity index is 629. The van der Waals surface area contributed by atoms with Crippen molar-refractivity contribution in [2.75, 3.05) is 25.9 Å². The van der Waals surface area contributed by atoms with E-state index in [2.05, 4.69) is 23.0 Å². The van der Waals surface area contributed by atoms with E-state index in [1.807, 2.05) is 18.5 Å². The minimum atomic E-state index is -0.308. The molecular weight excluding hydrogens is 302 g/mol. The molecule has 1 aromatic heterocycles. The van der Waals surface area contributed by atoms with Crippen LogP contribution >= 0.6 is 0 Å². The second-order valence-corrected chi connectivity index (χ2v) is 5.77. The number of aromatic nitrogens is 1. The van der Waals surface area contributed by atoms with Crippen molar-refractivity contribution < 1.29 is 9.53 Å². The number of pyridine rings is 1. The number of benzene rings is 1. The average molecular weight is 327 g/mol. The van der Waals surface area contributed by atoms with Gasteiger partial charge in [0.15, 0.2) is 0 Å². The summed E-state index contributed by atoms with van der Waals surface area (Å²) in [5.74, 6) is -0.308. The Balaban J connectivity index is 0.000000174. The highest BCUT2D eigenvalue weighted by molar-refractivity contribution is 5.89. The van der Waals surface area contributed by atoms with Gasteiger partial charge >= 0.3 is 5.97 Å². The quantitative estimate of drug-likeness (QED) is 0.692. The molecule has 0 spiro atoms. The first-order chi connectivity index (χ1) is 11.6. The Morgan fingerprint density at radius 2 is 2.08 bits per heavy atom. The zero-order valence-corrected chi connectivity index (χ0v) is 14.3. The summed E-state index contributed by atoms with van der Waals surface area (Å²) in [6, 6.07) is 11.4. The van der Waals surface area contributed by atoms with Gasteiger partial charge in [0.2, 0.25) is 0 Å². The molecule has 0 aliphatic carbocycles. The standard InChI is InChI=1S/C10H14N2.C9H11NO2/c1-12-7-3-5-10(12)9-4-2-6-11-8-9;1-2-12-9(11)7-3-5-8(10)6-4-7/h2,4,6,8,10H,3,5,7H2,1H3;3-6H,2,10H2,1H3/t10-;/m0./s1. The van der Waals surface area contributed by atoms with Crippen LogP contribution in [0.25, 0.3) is 0 Å². The number of likely N-dealkylation sites (tertiary alicyclic amines) is 1. The van der Waals surface area contributed by atoms with Crippen LogP contribution in [0.4, 0.5) is 5.69 Å². The number of anilines is 1. The molecule has 0 bridgehead atoms. The molecule has 3 rings (SSSR count). The highest BCUT2D eigenvalue weighted by Crippen LogP contribution is 2.29. The number of rotatable bonds is 3. The van der Waals surface area contributed by atoms with Gasteiger partial charge in [-0.3, -0.25) is 9.88 Å². The van der Waals surface area contributed by atoms with Gasteiger partial charge in [0.25, 0.3) is 0 Å². The van der Waals surface area contributed by atoms with Crippen molar-refractivity contribution in [3.05, 3.63) is 59.9 Å². The molecule has 0 radical (unpaired) electrons. The molecule has 1 fully saturated rings. The molecule has 0 amide bonds. The first kappa shape index (κ1) is 17.9. The van der Waals surface area contributed by atoms with Crippen LogP contribution in [0, 0.1) is 0 Å².